The maximum atomic E-state index is 13.2. The Bertz CT molecular complexity index is 1050. The zero-order valence-corrected chi connectivity index (χ0v) is 18.4. The highest BCUT2D eigenvalue weighted by Crippen LogP contribution is 2.43. The zero-order valence-electron chi connectivity index (χ0n) is 18.4. The molecule has 2 aromatic carbocycles. The minimum Gasteiger partial charge on any atom is -0.507 e. The van der Waals surface area contributed by atoms with Gasteiger partial charge in [0.15, 0.2) is 0 Å². The van der Waals surface area contributed by atoms with Crippen molar-refractivity contribution < 1.29 is 19.4 Å². The first-order valence-corrected chi connectivity index (χ1v) is 10.9. The Labute approximate surface area is 183 Å². The van der Waals surface area contributed by atoms with E-state index in [2.05, 4.69) is 0 Å². The lowest BCUT2D eigenvalue weighted by molar-refractivity contribution is -0.141. The maximum absolute atomic E-state index is 13.2. The Kier molecular flexibility index (Phi) is 5.86. The number of hydrogen-bond donors (Lipinski definition) is 1. The van der Waals surface area contributed by atoms with E-state index in [1.165, 1.54) is 0 Å². The Balaban J connectivity index is 1.89. The molecule has 1 saturated heterocycles. The van der Waals surface area contributed by atoms with E-state index in [-0.39, 0.29) is 17.4 Å². The fourth-order valence-corrected chi connectivity index (χ4v) is 4.93. The summed E-state index contributed by atoms with van der Waals surface area (Å²) in [7, 11) is 1.59. The summed E-state index contributed by atoms with van der Waals surface area (Å²) in [5, 5.41) is 11.3. The normalized spacial score (nSPS) is 21.5. The number of carbonyl (C=O) groups is 2. The Morgan fingerprint density at radius 3 is 2.42 bits per heavy atom. The van der Waals surface area contributed by atoms with E-state index in [1.807, 2.05) is 44.2 Å². The quantitative estimate of drug-likeness (QED) is 0.427. The largest absolute Gasteiger partial charge is 0.507 e. The van der Waals surface area contributed by atoms with Gasteiger partial charge in [0.05, 0.1) is 18.7 Å². The molecule has 2 fully saturated rings. The van der Waals surface area contributed by atoms with Crippen molar-refractivity contribution in [1.82, 2.24) is 4.90 Å². The number of ketones is 1. The molecular formula is C26H29NO4. The van der Waals surface area contributed by atoms with Crippen molar-refractivity contribution in [2.75, 3.05) is 7.11 Å². The van der Waals surface area contributed by atoms with Gasteiger partial charge in [-0.25, -0.2) is 0 Å². The Morgan fingerprint density at radius 1 is 1.03 bits per heavy atom. The fraction of sp³-hybridized carbons (Fsp3) is 0.385. The molecular weight excluding hydrogens is 390 g/mol. The third-order valence-electron chi connectivity index (χ3n) is 6.49. The van der Waals surface area contributed by atoms with Crippen molar-refractivity contribution >= 4 is 17.4 Å². The molecule has 31 heavy (non-hydrogen) atoms. The summed E-state index contributed by atoms with van der Waals surface area (Å²) < 4.78 is 5.27. The number of amides is 1. The minimum absolute atomic E-state index is 0.0120. The third-order valence-corrected chi connectivity index (χ3v) is 6.49. The molecule has 4 rings (SSSR count). The van der Waals surface area contributed by atoms with Gasteiger partial charge in [-0.3, -0.25) is 9.59 Å². The van der Waals surface area contributed by atoms with Crippen molar-refractivity contribution in [1.29, 1.82) is 0 Å². The summed E-state index contributed by atoms with van der Waals surface area (Å²) in [5.41, 5.74) is 3.41. The standard InChI is InChI=1S/C26H29NO4/c1-16-8-7-9-18(14-16)23-22(24(28)21-13-12-20(31-3)15-17(21)2)25(29)26(30)27(23)19-10-5-4-6-11-19/h7-9,12-15,19,23,28H,4-6,10-11H2,1-3H3/b24-22-. The first-order chi connectivity index (χ1) is 14.9. The summed E-state index contributed by atoms with van der Waals surface area (Å²) in [4.78, 5) is 28.2. The molecule has 0 bridgehead atoms. The number of ether oxygens (including phenoxy) is 1. The van der Waals surface area contributed by atoms with Crippen LogP contribution in [0.3, 0.4) is 0 Å². The molecule has 162 valence electrons. The molecule has 1 saturated carbocycles. The van der Waals surface area contributed by atoms with Gasteiger partial charge < -0.3 is 14.7 Å². The lowest BCUT2D eigenvalue weighted by atomic mass is 9.90. The summed E-state index contributed by atoms with van der Waals surface area (Å²) in [6.07, 6.45) is 5.02. The topological polar surface area (TPSA) is 66.8 Å². The molecule has 2 aromatic rings. The molecule has 0 aromatic heterocycles. The van der Waals surface area contributed by atoms with Gasteiger partial charge in [-0.2, -0.15) is 0 Å². The summed E-state index contributed by atoms with van der Waals surface area (Å²) in [5.74, 6) is -0.564. The van der Waals surface area contributed by atoms with Gasteiger partial charge in [0.25, 0.3) is 11.7 Å². The highest BCUT2D eigenvalue weighted by molar-refractivity contribution is 6.46. The van der Waals surface area contributed by atoms with Crippen LogP contribution in [0.15, 0.2) is 48.0 Å². The van der Waals surface area contributed by atoms with Crippen LogP contribution < -0.4 is 4.74 Å². The van der Waals surface area contributed by atoms with Crippen LogP contribution in [0, 0.1) is 13.8 Å². The van der Waals surface area contributed by atoms with E-state index in [4.69, 9.17) is 4.74 Å². The Hall–Kier alpha value is -3.08. The summed E-state index contributed by atoms with van der Waals surface area (Å²) >= 11 is 0. The van der Waals surface area contributed by atoms with Crippen LogP contribution >= 0.6 is 0 Å². The van der Waals surface area contributed by atoms with Crippen molar-refractivity contribution in [3.05, 3.63) is 70.3 Å². The first-order valence-electron chi connectivity index (χ1n) is 10.9. The van der Waals surface area contributed by atoms with E-state index in [1.54, 1.807) is 24.1 Å². The number of aliphatic hydroxyl groups excluding tert-OH is 1. The molecule has 1 aliphatic carbocycles. The fourth-order valence-electron chi connectivity index (χ4n) is 4.93. The highest BCUT2D eigenvalue weighted by Gasteiger charge is 2.48. The lowest BCUT2D eigenvalue weighted by Crippen LogP contribution is -2.40. The predicted octanol–water partition coefficient (Wildman–Crippen LogP) is 5.07. The van der Waals surface area contributed by atoms with Crippen molar-refractivity contribution in [2.45, 2.75) is 58.0 Å². The average molecular weight is 420 g/mol. The number of rotatable bonds is 4. The highest BCUT2D eigenvalue weighted by atomic mass is 16.5. The molecule has 1 amide bonds. The number of hydrogen-bond acceptors (Lipinski definition) is 4. The number of nitrogens with zero attached hydrogens (tertiary/aromatic N) is 1. The molecule has 1 atom stereocenters. The van der Waals surface area contributed by atoms with Gasteiger partial charge in [0, 0.05) is 11.6 Å². The van der Waals surface area contributed by atoms with Crippen LogP contribution in [0.2, 0.25) is 0 Å². The monoisotopic (exact) mass is 419 g/mol. The van der Waals surface area contributed by atoms with Crippen molar-refractivity contribution in [3.63, 3.8) is 0 Å². The predicted molar refractivity (Wildman–Crippen MR) is 120 cm³/mol. The van der Waals surface area contributed by atoms with Gasteiger partial charge in [-0.1, -0.05) is 49.1 Å². The molecule has 1 unspecified atom stereocenters. The van der Waals surface area contributed by atoms with Gasteiger partial charge in [0.2, 0.25) is 0 Å². The summed E-state index contributed by atoms with van der Waals surface area (Å²) in [6.45, 7) is 3.85. The SMILES string of the molecule is COc1ccc(/C(O)=C2/C(=O)C(=O)N(C3CCCCC3)C2c2cccc(C)c2)c(C)c1. The van der Waals surface area contributed by atoms with Gasteiger partial charge >= 0.3 is 0 Å². The van der Waals surface area contributed by atoms with E-state index < -0.39 is 17.7 Å². The molecule has 0 spiro atoms. The molecule has 2 aliphatic rings. The van der Waals surface area contributed by atoms with Gasteiger partial charge in [-0.05, 0) is 56.0 Å². The van der Waals surface area contributed by atoms with Crippen LogP contribution in [-0.4, -0.2) is 34.8 Å². The van der Waals surface area contributed by atoms with Gasteiger partial charge in [0.1, 0.15) is 11.5 Å². The molecule has 5 heteroatoms. The molecule has 1 heterocycles. The number of methoxy groups -OCH3 is 1. The minimum atomic E-state index is -0.607. The van der Waals surface area contributed by atoms with Crippen LogP contribution in [-0.2, 0) is 9.59 Å². The van der Waals surface area contributed by atoms with Crippen molar-refractivity contribution in [2.24, 2.45) is 0 Å². The molecule has 0 radical (unpaired) electrons. The second-order valence-electron chi connectivity index (χ2n) is 8.59. The molecule has 5 nitrogen and oxygen atoms in total. The van der Waals surface area contributed by atoms with Gasteiger partial charge in [-0.15, -0.1) is 0 Å². The van der Waals surface area contributed by atoms with E-state index in [0.29, 0.717) is 11.3 Å². The van der Waals surface area contributed by atoms with E-state index in [0.717, 1.165) is 48.8 Å². The smallest absolute Gasteiger partial charge is 0.295 e. The second-order valence-corrected chi connectivity index (χ2v) is 8.59. The molecule has 1 N–H and O–H groups in total. The third kappa shape index (κ3) is 3.85. The average Bonchev–Trinajstić information content (AvgIpc) is 3.04. The molecule has 1 aliphatic heterocycles. The van der Waals surface area contributed by atoms with Crippen LogP contribution in [0.25, 0.3) is 5.76 Å². The lowest BCUT2D eigenvalue weighted by Gasteiger charge is -2.35. The maximum Gasteiger partial charge on any atom is 0.295 e. The first kappa shape index (κ1) is 21.2. The van der Waals surface area contributed by atoms with Crippen LogP contribution in [0.5, 0.6) is 5.75 Å². The second kappa shape index (κ2) is 8.58. The van der Waals surface area contributed by atoms with Crippen molar-refractivity contribution in [3.8, 4) is 5.75 Å². The summed E-state index contributed by atoms with van der Waals surface area (Å²) in [6, 6.07) is 12.6. The van der Waals surface area contributed by atoms with Crippen LogP contribution in [0.1, 0.15) is 60.4 Å². The van der Waals surface area contributed by atoms with Crippen LogP contribution in [0.4, 0.5) is 0 Å². The number of carbonyl (C=O) groups excluding carboxylic acids is 2. The number of aliphatic hydroxyl groups is 1. The number of Topliss-reactive ketones (excluding diaryl/α,β-unsaturated/α-hetero) is 1. The number of benzene rings is 2. The zero-order chi connectivity index (χ0) is 22.1. The number of aryl methyl sites for hydroxylation is 2. The van der Waals surface area contributed by atoms with E-state index in [9.17, 15) is 14.7 Å². The Morgan fingerprint density at radius 2 is 1.77 bits per heavy atom. The van der Waals surface area contributed by atoms with E-state index >= 15 is 0 Å². The number of likely N-dealkylation sites (tertiary alicyclic amines) is 1.